The van der Waals surface area contributed by atoms with Gasteiger partial charge in [-0.2, -0.15) is 26.3 Å². The second kappa shape index (κ2) is 10.6. The third-order valence-electron chi connectivity index (χ3n) is 6.65. The predicted molar refractivity (Wildman–Crippen MR) is 146 cm³/mol. The molecule has 5 rings (SSSR count). The van der Waals surface area contributed by atoms with Crippen LogP contribution in [0.3, 0.4) is 0 Å². The van der Waals surface area contributed by atoms with Gasteiger partial charge in [-0.25, -0.2) is 16.8 Å². The Kier molecular flexibility index (Phi) is 7.68. The van der Waals surface area contributed by atoms with Crippen molar-refractivity contribution in [3.8, 4) is 11.5 Å². The molecule has 2 atom stereocenters. The molecule has 0 spiro atoms. The third-order valence-corrected chi connectivity index (χ3v) is 10.7. The lowest BCUT2D eigenvalue weighted by atomic mass is 9.76. The van der Waals surface area contributed by atoms with Crippen molar-refractivity contribution in [1.29, 1.82) is 0 Å². The zero-order valence-corrected chi connectivity index (χ0v) is 24.7. The highest BCUT2D eigenvalue weighted by atomic mass is 35.5. The predicted octanol–water partition coefficient (Wildman–Crippen LogP) is 7.73. The van der Waals surface area contributed by atoms with Crippen LogP contribution in [0.1, 0.15) is 0 Å². The average Bonchev–Trinajstić information content (AvgIpc) is 2.97. The van der Waals surface area contributed by atoms with Gasteiger partial charge in [-0.05, 0) is 97.1 Å². The number of sulfone groups is 2. The summed E-state index contributed by atoms with van der Waals surface area (Å²) in [5, 5.41) is 0.491. The monoisotopic (exact) mass is 696 g/mol. The van der Waals surface area contributed by atoms with E-state index in [9.17, 15) is 34.4 Å². The molecule has 0 heterocycles. The molecule has 4 aromatic carbocycles. The molecule has 44 heavy (non-hydrogen) atoms. The normalized spacial score (nSPS) is 22.5. The molecule has 6 nitrogen and oxygen atoms in total. The van der Waals surface area contributed by atoms with Crippen LogP contribution in [0.5, 0.6) is 11.5 Å². The lowest BCUT2D eigenvalue weighted by Crippen LogP contribution is -2.89. The highest BCUT2D eigenvalue weighted by molar-refractivity contribution is 7.91. The topological polar surface area (TPSA) is 86.7 Å². The van der Waals surface area contributed by atoms with Gasteiger partial charge in [0, 0.05) is 10.0 Å². The third kappa shape index (κ3) is 4.78. The molecule has 0 saturated heterocycles. The fourth-order valence-corrected chi connectivity index (χ4v) is 6.98. The molecule has 1 saturated carbocycles. The molecule has 0 radical (unpaired) electrons. The van der Waals surface area contributed by atoms with E-state index in [-0.39, 0.29) is 19.8 Å². The van der Waals surface area contributed by atoms with Crippen LogP contribution in [0.2, 0.25) is 10.0 Å². The van der Waals surface area contributed by atoms with E-state index in [1.165, 1.54) is 48.5 Å². The SMILES string of the molecule is O=S(=O)(c1ccc(Cl)cc1)c1ccc(OC2(F)C(F)(F)C(F)(F)C2(F)Oc2ccc(S(=O)(=O)c3ccc(Cl)cc3)cc2)cc1. The maximum atomic E-state index is 15.6. The van der Waals surface area contributed by atoms with Crippen LogP contribution in [-0.2, 0) is 19.7 Å². The Morgan fingerprint density at radius 3 is 0.909 bits per heavy atom. The number of rotatable bonds is 8. The number of halogens is 8. The molecule has 0 aromatic heterocycles. The minimum absolute atomic E-state index is 0.203. The van der Waals surface area contributed by atoms with E-state index in [1.807, 2.05) is 0 Å². The van der Waals surface area contributed by atoms with Gasteiger partial charge in [-0.3, -0.25) is 0 Å². The first-order chi connectivity index (χ1) is 20.4. The van der Waals surface area contributed by atoms with Crippen molar-refractivity contribution in [3.05, 3.63) is 107 Å². The van der Waals surface area contributed by atoms with Gasteiger partial charge < -0.3 is 9.47 Å². The van der Waals surface area contributed by atoms with Gasteiger partial charge >= 0.3 is 23.6 Å². The van der Waals surface area contributed by atoms with Crippen molar-refractivity contribution in [2.45, 2.75) is 43.1 Å². The van der Waals surface area contributed by atoms with Gasteiger partial charge in [0.1, 0.15) is 11.5 Å². The van der Waals surface area contributed by atoms with E-state index < -0.39 is 64.5 Å². The number of alkyl halides is 6. The Morgan fingerprint density at radius 1 is 0.432 bits per heavy atom. The van der Waals surface area contributed by atoms with E-state index in [4.69, 9.17) is 23.2 Å². The zero-order valence-electron chi connectivity index (χ0n) is 21.5. The highest BCUT2D eigenvalue weighted by Gasteiger charge is 3.03. The molecule has 4 aromatic rings. The Balaban J connectivity index is 1.41. The van der Waals surface area contributed by atoms with Crippen LogP contribution in [0.25, 0.3) is 0 Å². The quantitative estimate of drug-likeness (QED) is 0.175. The lowest BCUT2D eigenvalue weighted by Gasteiger charge is -2.55. The molecule has 0 N–H and O–H groups in total. The minimum atomic E-state index is -5.76. The number of ether oxygens (including phenoxy) is 2. The number of benzene rings is 4. The summed E-state index contributed by atoms with van der Waals surface area (Å²) in [6.45, 7) is 0. The van der Waals surface area contributed by atoms with Crippen LogP contribution < -0.4 is 9.47 Å². The van der Waals surface area contributed by atoms with Gasteiger partial charge in [0.05, 0.1) is 19.6 Å². The second-order valence-corrected chi connectivity index (χ2v) is 14.2. The summed E-state index contributed by atoms with van der Waals surface area (Å²) >= 11 is 11.5. The summed E-state index contributed by atoms with van der Waals surface area (Å²) in [5.41, 5.74) is 0. The molecule has 1 aliphatic carbocycles. The van der Waals surface area contributed by atoms with E-state index in [0.29, 0.717) is 24.3 Å². The molecular weight excluding hydrogens is 681 g/mol. The molecule has 1 aliphatic rings. The fraction of sp³-hybridized carbons (Fsp3) is 0.143. The van der Waals surface area contributed by atoms with Crippen LogP contribution >= 0.6 is 23.2 Å². The van der Waals surface area contributed by atoms with Crippen LogP contribution in [0.15, 0.2) is 117 Å². The number of hydrogen-bond acceptors (Lipinski definition) is 6. The summed E-state index contributed by atoms with van der Waals surface area (Å²) in [7, 11) is -8.34. The molecule has 232 valence electrons. The maximum Gasteiger partial charge on any atom is 0.395 e. The van der Waals surface area contributed by atoms with E-state index in [1.54, 1.807) is 0 Å². The molecule has 1 fully saturated rings. The van der Waals surface area contributed by atoms with Gasteiger partial charge in [0.15, 0.2) is 0 Å². The van der Waals surface area contributed by atoms with Crippen LogP contribution in [0.4, 0.5) is 26.3 Å². The average molecular weight is 697 g/mol. The fourth-order valence-electron chi connectivity index (χ4n) is 4.20. The van der Waals surface area contributed by atoms with Crippen molar-refractivity contribution in [2.75, 3.05) is 0 Å². The molecule has 0 amide bonds. The first-order valence-electron chi connectivity index (χ1n) is 12.1. The first kappa shape index (κ1) is 31.9. The van der Waals surface area contributed by atoms with Gasteiger partial charge in [0.2, 0.25) is 19.7 Å². The zero-order chi connectivity index (χ0) is 32.3. The maximum absolute atomic E-state index is 15.6. The molecule has 16 heteroatoms. The smallest absolute Gasteiger partial charge is 0.395 e. The molecular formula is C28H16Cl2F6O6S2. The summed E-state index contributed by atoms with van der Waals surface area (Å²) in [6.07, 6.45) is 0. The lowest BCUT2D eigenvalue weighted by molar-refractivity contribution is -0.527. The van der Waals surface area contributed by atoms with Gasteiger partial charge in [-0.1, -0.05) is 23.2 Å². The number of hydrogen-bond donors (Lipinski definition) is 0. The standard InChI is InChI=1S/C28H16Cl2F6O6S2/c29-17-1-9-21(10-2-17)43(37,38)23-13-5-19(6-14-23)41-27(35)25(31,32)26(33,34)28(27,36)42-20-7-15-24(16-8-20)44(39,40)22-11-3-18(30)4-12-22/h1-16H. The summed E-state index contributed by atoms with van der Waals surface area (Å²) < 4.78 is 149. The first-order valence-corrected chi connectivity index (χ1v) is 15.8. The van der Waals surface area contributed by atoms with Crippen molar-refractivity contribution < 1.29 is 52.7 Å². The van der Waals surface area contributed by atoms with E-state index in [0.717, 1.165) is 24.3 Å². The molecule has 0 bridgehead atoms. The van der Waals surface area contributed by atoms with Crippen LogP contribution in [0, 0.1) is 0 Å². The minimum Gasteiger partial charge on any atom is -0.447 e. The molecule has 2 unspecified atom stereocenters. The summed E-state index contributed by atoms with van der Waals surface area (Å²) in [5.74, 6) is -23.6. The molecule has 0 aliphatic heterocycles. The highest BCUT2D eigenvalue weighted by Crippen LogP contribution is 2.68. The van der Waals surface area contributed by atoms with Crippen molar-refractivity contribution in [1.82, 2.24) is 0 Å². The Labute approximate surface area is 256 Å². The van der Waals surface area contributed by atoms with E-state index in [2.05, 4.69) is 9.47 Å². The largest absolute Gasteiger partial charge is 0.447 e. The van der Waals surface area contributed by atoms with Gasteiger partial charge in [-0.15, -0.1) is 0 Å². The summed E-state index contributed by atoms with van der Waals surface area (Å²) in [6, 6.07) is 15.8. The second-order valence-electron chi connectivity index (χ2n) is 9.40. The van der Waals surface area contributed by atoms with E-state index >= 15 is 8.78 Å². The van der Waals surface area contributed by atoms with Crippen LogP contribution in [-0.4, -0.2) is 40.4 Å². The van der Waals surface area contributed by atoms with Crippen molar-refractivity contribution in [3.63, 3.8) is 0 Å². The van der Waals surface area contributed by atoms with Gasteiger partial charge in [0.25, 0.3) is 0 Å². The Hall–Kier alpha value is -3.46. The van der Waals surface area contributed by atoms with Crippen molar-refractivity contribution in [2.24, 2.45) is 0 Å². The van der Waals surface area contributed by atoms with Crippen molar-refractivity contribution >= 4 is 42.9 Å². The Bertz CT molecular complexity index is 1780. The summed E-state index contributed by atoms with van der Waals surface area (Å²) in [4.78, 5) is -1.24. The Morgan fingerprint density at radius 2 is 0.659 bits per heavy atom.